The molecular formula is C24H39N5O3. The van der Waals surface area contributed by atoms with Crippen LogP contribution in [0.5, 0.6) is 0 Å². The molecule has 1 aromatic carbocycles. The van der Waals surface area contributed by atoms with Gasteiger partial charge in [0.15, 0.2) is 0 Å². The molecule has 32 heavy (non-hydrogen) atoms. The molecular weight excluding hydrogens is 406 g/mol. The van der Waals surface area contributed by atoms with Crippen molar-refractivity contribution in [1.82, 2.24) is 19.6 Å². The molecule has 2 amide bonds. The van der Waals surface area contributed by atoms with E-state index >= 15 is 0 Å². The van der Waals surface area contributed by atoms with Gasteiger partial charge in [0.2, 0.25) is 11.8 Å². The molecule has 2 N–H and O–H groups in total. The summed E-state index contributed by atoms with van der Waals surface area (Å²) in [5, 5.41) is 12.5. The van der Waals surface area contributed by atoms with E-state index in [4.69, 9.17) is 0 Å². The van der Waals surface area contributed by atoms with Crippen molar-refractivity contribution in [2.24, 2.45) is 0 Å². The van der Waals surface area contributed by atoms with Crippen molar-refractivity contribution in [2.75, 3.05) is 77.4 Å². The zero-order chi connectivity index (χ0) is 23.1. The van der Waals surface area contributed by atoms with E-state index in [1.54, 1.807) is 0 Å². The Balaban J connectivity index is 1.38. The highest BCUT2D eigenvalue weighted by atomic mass is 16.3. The van der Waals surface area contributed by atoms with Crippen molar-refractivity contribution in [3.63, 3.8) is 0 Å². The molecule has 8 heteroatoms. The first kappa shape index (κ1) is 24.6. The number of aliphatic hydroxyl groups is 1. The van der Waals surface area contributed by atoms with E-state index in [9.17, 15) is 14.7 Å². The molecule has 2 aliphatic heterocycles. The zero-order valence-electron chi connectivity index (χ0n) is 19.8. The second kappa shape index (κ2) is 11.7. The molecule has 2 saturated heterocycles. The van der Waals surface area contributed by atoms with Crippen LogP contribution in [-0.4, -0.2) is 115 Å². The summed E-state index contributed by atoms with van der Waals surface area (Å²) in [5.74, 6) is 0.167. The molecule has 0 bridgehead atoms. The number of para-hydroxylation sites is 1. The minimum atomic E-state index is -0.00619. The van der Waals surface area contributed by atoms with Gasteiger partial charge in [0, 0.05) is 64.1 Å². The van der Waals surface area contributed by atoms with E-state index in [2.05, 4.69) is 26.9 Å². The van der Waals surface area contributed by atoms with Gasteiger partial charge in [-0.25, -0.2) is 0 Å². The molecule has 1 atom stereocenters. The fourth-order valence-corrected chi connectivity index (χ4v) is 4.63. The average Bonchev–Trinajstić information content (AvgIpc) is 2.79. The van der Waals surface area contributed by atoms with E-state index in [1.807, 2.05) is 36.9 Å². The summed E-state index contributed by atoms with van der Waals surface area (Å²) in [6.45, 7) is 13.4. The second-order valence-electron chi connectivity index (χ2n) is 9.03. The third kappa shape index (κ3) is 6.51. The van der Waals surface area contributed by atoms with Gasteiger partial charge in [-0.2, -0.15) is 0 Å². The van der Waals surface area contributed by atoms with Crippen LogP contribution >= 0.6 is 0 Å². The molecule has 8 nitrogen and oxygen atoms in total. The fraction of sp³-hybridized carbons (Fsp3) is 0.667. The van der Waals surface area contributed by atoms with Crippen molar-refractivity contribution < 1.29 is 14.7 Å². The number of carbonyl (C=O) groups is 2. The first-order valence-corrected chi connectivity index (χ1v) is 11.8. The van der Waals surface area contributed by atoms with Crippen LogP contribution in [0.2, 0.25) is 0 Å². The Hall–Kier alpha value is -2.00. The van der Waals surface area contributed by atoms with E-state index in [-0.39, 0.29) is 24.5 Å². The van der Waals surface area contributed by atoms with Crippen molar-refractivity contribution in [1.29, 1.82) is 0 Å². The number of nitrogens with zero attached hydrogens (tertiary/aromatic N) is 4. The highest BCUT2D eigenvalue weighted by Gasteiger charge is 2.27. The van der Waals surface area contributed by atoms with Crippen molar-refractivity contribution in [3.8, 4) is 0 Å². The summed E-state index contributed by atoms with van der Waals surface area (Å²) in [5.41, 5.74) is 3.03. The summed E-state index contributed by atoms with van der Waals surface area (Å²) in [4.78, 5) is 33.9. The van der Waals surface area contributed by atoms with Crippen LogP contribution in [0.1, 0.15) is 24.5 Å². The number of piperazine rings is 2. The number of carbonyl (C=O) groups excluding carboxylic acids is 2. The predicted octanol–water partition coefficient (Wildman–Crippen LogP) is 0.775. The largest absolute Gasteiger partial charge is 0.395 e. The second-order valence-corrected chi connectivity index (χ2v) is 9.03. The number of aryl methyl sites for hydroxylation is 2. The minimum absolute atomic E-state index is 0.00619. The number of amides is 2. The Morgan fingerprint density at radius 2 is 1.50 bits per heavy atom. The summed E-state index contributed by atoms with van der Waals surface area (Å²) in [6.07, 6.45) is 0.947. The van der Waals surface area contributed by atoms with Crippen molar-refractivity contribution >= 4 is 17.5 Å². The topological polar surface area (TPSA) is 79.4 Å². The lowest BCUT2D eigenvalue weighted by Gasteiger charge is -2.39. The van der Waals surface area contributed by atoms with Gasteiger partial charge < -0.3 is 15.3 Å². The number of aliphatic hydroxyl groups excluding tert-OH is 1. The van der Waals surface area contributed by atoms with Crippen LogP contribution in [0.15, 0.2) is 18.2 Å². The van der Waals surface area contributed by atoms with Crippen LogP contribution in [0.25, 0.3) is 0 Å². The van der Waals surface area contributed by atoms with Crippen LogP contribution in [0, 0.1) is 13.8 Å². The van der Waals surface area contributed by atoms with Gasteiger partial charge in [0.1, 0.15) is 0 Å². The van der Waals surface area contributed by atoms with Gasteiger partial charge in [-0.3, -0.25) is 24.3 Å². The number of hydrogen-bond acceptors (Lipinski definition) is 6. The van der Waals surface area contributed by atoms with Gasteiger partial charge >= 0.3 is 0 Å². The predicted molar refractivity (Wildman–Crippen MR) is 127 cm³/mol. The number of benzene rings is 1. The molecule has 0 saturated carbocycles. The molecule has 0 aliphatic carbocycles. The Kier molecular flexibility index (Phi) is 9.04. The lowest BCUT2D eigenvalue weighted by molar-refractivity contribution is -0.134. The molecule has 2 heterocycles. The lowest BCUT2D eigenvalue weighted by atomic mass is 10.1. The standard InChI is InChI=1S/C24H39N5O3/c1-4-21(18-30)28-12-8-27(9-13-28)17-23(32)29-14-10-26(11-15-29)16-22(31)25-24-19(2)6-5-7-20(24)3/h5-7,21,30H,4,8-18H2,1-3H3,(H,25,31)/t21-/m1/s1. The molecule has 0 radical (unpaired) electrons. The number of hydrogen-bond donors (Lipinski definition) is 2. The maximum Gasteiger partial charge on any atom is 0.238 e. The monoisotopic (exact) mass is 445 g/mol. The minimum Gasteiger partial charge on any atom is -0.395 e. The van der Waals surface area contributed by atoms with Gasteiger partial charge in [0.05, 0.1) is 19.7 Å². The summed E-state index contributed by atoms with van der Waals surface area (Å²) in [6, 6.07) is 6.23. The van der Waals surface area contributed by atoms with Gasteiger partial charge in [-0.1, -0.05) is 25.1 Å². The van der Waals surface area contributed by atoms with E-state index < -0.39 is 0 Å². The molecule has 178 valence electrons. The van der Waals surface area contributed by atoms with Gasteiger partial charge in [-0.05, 0) is 31.4 Å². The SMILES string of the molecule is CC[C@H](CO)N1CCN(CC(=O)N2CCN(CC(=O)Nc3c(C)cccc3C)CC2)CC1. The van der Waals surface area contributed by atoms with E-state index in [0.29, 0.717) is 39.3 Å². The molecule has 2 aliphatic rings. The Bertz CT molecular complexity index is 747. The van der Waals surface area contributed by atoms with Crippen LogP contribution in [0.3, 0.4) is 0 Å². The van der Waals surface area contributed by atoms with Gasteiger partial charge in [0.25, 0.3) is 0 Å². The van der Waals surface area contributed by atoms with Crippen molar-refractivity contribution in [2.45, 2.75) is 33.2 Å². The zero-order valence-corrected chi connectivity index (χ0v) is 19.8. The molecule has 1 aromatic rings. The number of anilines is 1. The Labute approximate surface area is 192 Å². The van der Waals surface area contributed by atoms with Gasteiger partial charge in [-0.15, -0.1) is 0 Å². The normalized spacial score (nSPS) is 19.7. The summed E-state index contributed by atoms with van der Waals surface area (Å²) in [7, 11) is 0. The first-order chi connectivity index (χ1) is 15.4. The summed E-state index contributed by atoms with van der Waals surface area (Å²) < 4.78 is 0. The van der Waals surface area contributed by atoms with E-state index in [0.717, 1.165) is 49.4 Å². The third-order valence-electron chi connectivity index (χ3n) is 6.80. The molecule has 0 spiro atoms. The molecule has 2 fully saturated rings. The average molecular weight is 446 g/mol. The third-order valence-corrected chi connectivity index (χ3v) is 6.80. The Morgan fingerprint density at radius 1 is 0.938 bits per heavy atom. The Morgan fingerprint density at radius 3 is 2.06 bits per heavy atom. The molecule has 0 unspecified atom stereocenters. The molecule has 0 aromatic heterocycles. The van der Waals surface area contributed by atoms with Crippen molar-refractivity contribution in [3.05, 3.63) is 29.3 Å². The quantitative estimate of drug-likeness (QED) is 0.616. The lowest BCUT2D eigenvalue weighted by Crippen LogP contribution is -2.55. The maximum atomic E-state index is 12.8. The van der Waals surface area contributed by atoms with Crippen LogP contribution < -0.4 is 5.32 Å². The fourth-order valence-electron chi connectivity index (χ4n) is 4.63. The number of nitrogens with one attached hydrogen (secondary N) is 1. The van der Waals surface area contributed by atoms with Crippen LogP contribution in [0.4, 0.5) is 5.69 Å². The van der Waals surface area contributed by atoms with Crippen LogP contribution in [-0.2, 0) is 9.59 Å². The molecule has 3 rings (SSSR count). The maximum absolute atomic E-state index is 12.8. The smallest absolute Gasteiger partial charge is 0.238 e. The highest BCUT2D eigenvalue weighted by Crippen LogP contribution is 2.19. The first-order valence-electron chi connectivity index (χ1n) is 11.8. The highest BCUT2D eigenvalue weighted by molar-refractivity contribution is 5.93. The summed E-state index contributed by atoms with van der Waals surface area (Å²) >= 11 is 0. The van der Waals surface area contributed by atoms with E-state index in [1.165, 1.54) is 0 Å². The number of rotatable bonds is 8.